The average Bonchev–Trinajstić information content (AvgIpc) is 2.95. The Morgan fingerprint density at radius 3 is 1.79 bits per heavy atom. The maximum atomic E-state index is 11.1. The normalized spacial score (nSPS) is 21.2. The van der Waals surface area contributed by atoms with Crippen LogP contribution < -0.4 is 0 Å². The van der Waals surface area contributed by atoms with Crippen LogP contribution in [0.15, 0.2) is 0 Å². The number of hydrogen-bond donors (Lipinski definition) is 2. The molecule has 42 heavy (non-hydrogen) atoms. The van der Waals surface area contributed by atoms with Gasteiger partial charge in [-0.05, 0) is 19.3 Å². The van der Waals surface area contributed by atoms with Gasteiger partial charge in [-0.25, -0.2) is 0 Å². The highest BCUT2D eigenvalue weighted by Crippen LogP contribution is 2.17. The zero-order valence-electron chi connectivity index (χ0n) is 28.0. The third-order valence-corrected chi connectivity index (χ3v) is 10.6. The van der Waals surface area contributed by atoms with Crippen molar-refractivity contribution in [1.29, 1.82) is 0 Å². The Bertz CT molecular complexity index is 587. The van der Waals surface area contributed by atoms with Gasteiger partial charge in [0.05, 0.1) is 79.5 Å². The van der Waals surface area contributed by atoms with Crippen molar-refractivity contribution in [3.63, 3.8) is 0 Å². The standard InChI is InChI=1S/C33H70NO7Si/c1-4-5-6-7-8-9-10-11-12-13-14-15-16-17-18-19-22-34(2,3)23-20-31-42(36)40-29-27-37-25-21-33(32-38-26-24-35)39-28-30-41-42/h33,35-36H,4-32H2,1-3H3/q+1. The largest absolute Gasteiger partial charge is 0.498 e. The molecule has 2 unspecified atom stereocenters. The first-order valence-electron chi connectivity index (χ1n) is 17.6. The highest BCUT2D eigenvalue weighted by molar-refractivity contribution is 6.59. The molecular formula is C33H70NO7Si+. The molecule has 0 radical (unpaired) electrons. The number of ether oxygens (including phenoxy) is 3. The molecular weight excluding hydrogens is 550 g/mol. The molecule has 0 aromatic heterocycles. The van der Waals surface area contributed by atoms with Crippen LogP contribution in [0.5, 0.6) is 0 Å². The summed E-state index contributed by atoms with van der Waals surface area (Å²) in [7, 11) is 1.31. The van der Waals surface area contributed by atoms with Gasteiger partial charge < -0.3 is 37.4 Å². The second-order valence-electron chi connectivity index (χ2n) is 12.9. The molecule has 0 bridgehead atoms. The highest BCUT2D eigenvalue weighted by Gasteiger charge is 2.37. The fraction of sp³-hybridized carbons (Fsp3) is 1.00. The fourth-order valence-electron chi connectivity index (χ4n) is 5.60. The number of aliphatic hydroxyl groups excluding tert-OH is 1. The van der Waals surface area contributed by atoms with Crippen molar-refractivity contribution < 1.29 is 37.4 Å². The number of hydrogen-bond acceptors (Lipinski definition) is 7. The molecule has 8 nitrogen and oxygen atoms in total. The summed E-state index contributed by atoms with van der Waals surface area (Å²) in [5.41, 5.74) is 0. The molecule has 0 amide bonds. The lowest BCUT2D eigenvalue weighted by molar-refractivity contribution is -0.890. The monoisotopic (exact) mass is 620 g/mol. The summed E-state index contributed by atoms with van der Waals surface area (Å²) < 4.78 is 29.7. The van der Waals surface area contributed by atoms with E-state index in [-0.39, 0.29) is 12.7 Å². The van der Waals surface area contributed by atoms with Gasteiger partial charge in [-0.3, -0.25) is 0 Å². The first-order chi connectivity index (χ1) is 20.4. The Balaban J connectivity index is 2.10. The summed E-state index contributed by atoms with van der Waals surface area (Å²) in [5, 5.41) is 8.92. The SMILES string of the molecule is CCCCCCCCCCCCCCCCCC[N+](C)(C)CCC[Si]1(O)OCCOCCC(COCCO)OCCO1. The minimum atomic E-state index is -3.28. The number of nitrogens with zero attached hydrogens (tertiary/aromatic N) is 1. The van der Waals surface area contributed by atoms with Gasteiger partial charge in [-0.15, -0.1) is 0 Å². The Labute approximate surface area is 260 Å². The van der Waals surface area contributed by atoms with E-state index in [1.54, 1.807) is 0 Å². The fourth-order valence-corrected chi connectivity index (χ4v) is 7.38. The van der Waals surface area contributed by atoms with Crippen molar-refractivity contribution in [3.05, 3.63) is 0 Å². The van der Waals surface area contributed by atoms with Crippen LogP contribution in [0.2, 0.25) is 6.04 Å². The molecule has 0 aromatic carbocycles. The molecule has 1 heterocycles. The smallest absolute Gasteiger partial charge is 0.394 e. The van der Waals surface area contributed by atoms with E-state index < -0.39 is 8.80 Å². The van der Waals surface area contributed by atoms with Gasteiger partial charge in [-0.2, -0.15) is 0 Å². The molecule has 0 spiro atoms. The van der Waals surface area contributed by atoms with E-state index in [2.05, 4.69) is 21.0 Å². The summed E-state index contributed by atoms with van der Waals surface area (Å²) in [5.74, 6) is 0. The molecule has 1 fully saturated rings. The summed E-state index contributed by atoms with van der Waals surface area (Å²) in [6, 6.07) is 0.552. The van der Waals surface area contributed by atoms with Crippen LogP contribution in [0.25, 0.3) is 0 Å². The quantitative estimate of drug-likeness (QED) is 0.0685. The van der Waals surface area contributed by atoms with Gasteiger partial charge in [0.1, 0.15) is 0 Å². The second kappa shape index (κ2) is 27.2. The predicted molar refractivity (Wildman–Crippen MR) is 174 cm³/mol. The number of aliphatic hydroxyl groups is 1. The molecule has 0 saturated carbocycles. The molecule has 1 saturated heterocycles. The van der Waals surface area contributed by atoms with E-state index in [1.807, 2.05) is 0 Å². The first kappa shape index (κ1) is 39.9. The van der Waals surface area contributed by atoms with Gasteiger partial charge in [0.25, 0.3) is 0 Å². The molecule has 1 aliphatic rings. The zero-order valence-corrected chi connectivity index (χ0v) is 29.0. The number of quaternary nitrogens is 1. The third kappa shape index (κ3) is 24.2. The van der Waals surface area contributed by atoms with Crippen molar-refractivity contribution in [2.75, 3.05) is 80.0 Å². The van der Waals surface area contributed by atoms with Crippen LogP contribution in [0.1, 0.15) is 122 Å². The van der Waals surface area contributed by atoms with Crippen LogP contribution in [0, 0.1) is 0 Å². The van der Waals surface area contributed by atoms with Gasteiger partial charge in [0.2, 0.25) is 0 Å². The molecule has 2 atom stereocenters. The first-order valence-corrected chi connectivity index (χ1v) is 19.6. The van der Waals surface area contributed by atoms with Crippen LogP contribution in [0.3, 0.4) is 0 Å². The van der Waals surface area contributed by atoms with Crippen molar-refractivity contribution >= 4 is 8.80 Å². The van der Waals surface area contributed by atoms with E-state index in [0.29, 0.717) is 58.7 Å². The molecule has 9 heteroatoms. The van der Waals surface area contributed by atoms with Crippen LogP contribution in [-0.4, -0.2) is 109 Å². The van der Waals surface area contributed by atoms with Gasteiger partial charge in [0.15, 0.2) is 0 Å². The molecule has 1 aliphatic heterocycles. The Morgan fingerprint density at radius 2 is 1.21 bits per heavy atom. The van der Waals surface area contributed by atoms with Crippen LogP contribution in [-0.2, 0) is 23.1 Å². The van der Waals surface area contributed by atoms with E-state index in [9.17, 15) is 4.80 Å². The lowest BCUT2D eigenvalue weighted by atomic mass is 10.0. The van der Waals surface area contributed by atoms with Crippen LogP contribution in [0.4, 0.5) is 0 Å². The van der Waals surface area contributed by atoms with Gasteiger partial charge >= 0.3 is 8.80 Å². The minimum absolute atomic E-state index is 0.00265. The van der Waals surface area contributed by atoms with Gasteiger partial charge in [0, 0.05) is 19.1 Å². The predicted octanol–water partition coefficient (Wildman–Crippen LogP) is 6.49. The van der Waals surface area contributed by atoms with E-state index in [0.717, 1.165) is 17.4 Å². The second-order valence-corrected chi connectivity index (χ2v) is 15.4. The van der Waals surface area contributed by atoms with Crippen molar-refractivity contribution in [2.24, 2.45) is 0 Å². The third-order valence-electron chi connectivity index (χ3n) is 8.32. The van der Waals surface area contributed by atoms with E-state index in [1.165, 1.54) is 109 Å². The Morgan fingerprint density at radius 1 is 0.690 bits per heavy atom. The summed E-state index contributed by atoms with van der Waals surface area (Å²) >= 11 is 0. The van der Waals surface area contributed by atoms with E-state index >= 15 is 0 Å². The average molecular weight is 621 g/mol. The summed E-state index contributed by atoms with van der Waals surface area (Å²) in [6.07, 6.45) is 23.8. The summed E-state index contributed by atoms with van der Waals surface area (Å²) in [6.45, 7) is 7.14. The van der Waals surface area contributed by atoms with Crippen molar-refractivity contribution in [2.45, 2.75) is 135 Å². The molecule has 252 valence electrons. The number of rotatable bonds is 25. The van der Waals surface area contributed by atoms with Gasteiger partial charge in [-0.1, -0.05) is 96.8 Å². The molecule has 1 rings (SSSR count). The minimum Gasteiger partial charge on any atom is -0.394 e. The van der Waals surface area contributed by atoms with Crippen LogP contribution >= 0.6 is 0 Å². The maximum Gasteiger partial charge on any atom is 0.498 e. The number of unbranched alkanes of at least 4 members (excludes halogenated alkanes) is 15. The lowest BCUT2D eigenvalue weighted by Crippen LogP contribution is -2.47. The zero-order chi connectivity index (χ0) is 30.6. The molecule has 2 N–H and O–H groups in total. The highest BCUT2D eigenvalue weighted by atomic mass is 28.4. The maximum absolute atomic E-state index is 11.1. The Kier molecular flexibility index (Phi) is 25.9. The topological polar surface area (TPSA) is 86.6 Å². The lowest BCUT2D eigenvalue weighted by Gasteiger charge is -2.31. The van der Waals surface area contributed by atoms with E-state index in [4.69, 9.17) is 28.2 Å². The van der Waals surface area contributed by atoms with Crippen molar-refractivity contribution in [3.8, 4) is 0 Å². The van der Waals surface area contributed by atoms with Crippen molar-refractivity contribution in [1.82, 2.24) is 0 Å². The summed E-state index contributed by atoms with van der Waals surface area (Å²) in [4.78, 5) is 11.1. The molecule has 0 aliphatic carbocycles. The molecule has 0 aromatic rings. The Hall–Kier alpha value is -0.103.